The summed E-state index contributed by atoms with van der Waals surface area (Å²) in [6.07, 6.45) is 0. The normalized spacial score (nSPS) is 10.5. The van der Waals surface area contributed by atoms with Gasteiger partial charge in [0.1, 0.15) is 16.8 Å². The molecule has 3 N–H and O–H groups in total. The number of aromatic amines is 2. The van der Waals surface area contributed by atoms with Crippen molar-refractivity contribution in [3.8, 4) is 5.75 Å². The maximum Gasteiger partial charge on any atom is 0.360 e. The molecule has 0 saturated heterocycles. The molecule has 0 atom stereocenters. The number of halogens is 1. The summed E-state index contributed by atoms with van der Waals surface area (Å²) in [5.41, 5.74) is 1.85. The van der Waals surface area contributed by atoms with Gasteiger partial charge >= 0.3 is 11.9 Å². The van der Waals surface area contributed by atoms with Crippen LogP contribution in [0.15, 0.2) is 48.5 Å². The Kier molecular flexibility index (Phi) is 3.75. The van der Waals surface area contributed by atoms with Gasteiger partial charge in [-0.2, -0.15) is 0 Å². The quantitative estimate of drug-likeness (QED) is 0.778. The monoisotopic (exact) mass is 302 g/mol. The highest BCUT2D eigenvalue weighted by atomic mass is 35.5. The Morgan fingerprint density at radius 2 is 1.95 bits per heavy atom. The van der Waals surface area contributed by atoms with Gasteiger partial charge in [0.05, 0.1) is 0 Å². The minimum absolute atomic E-state index is 0.0785. The number of fused-ring (bicyclic) bond motifs is 1. The van der Waals surface area contributed by atoms with Gasteiger partial charge in [-0.25, -0.2) is 15.3 Å². The fourth-order valence-electron chi connectivity index (χ4n) is 1.92. The molecule has 0 aliphatic carbocycles. The number of amides is 1. The Morgan fingerprint density at radius 3 is 2.71 bits per heavy atom. The number of ether oxygens (including phenoxy) is 1. The van der Waals surface area contributed by atoms with Crippen LogP contribution in [-0.2, 0) is 4.79 Å². The van der Waals surface area contributed by atoms with Crippen LogP contribution in [0.5, 0.6) is 5.75 Å². The van der Waals surface area contributed by atoms with Crippen molar-refractivity contribution >= 4 is 34.5 Å². The maximum atomic E-state index is 11.8. The van der Waals surface area contributed by atoms with E-state index in [1.165, 1.54) is 0 Å². The molecule has 0 fully saturated rings. The van der Waals surface area contributed by atoms with Crippen molar-refractivity contribution in [1.82, 2.24) is 4.98 Å². The molecule has 6 heteroatoms. The number of carbonyl (C=O) groups is 1. The van der Waals surface area contributed by atoms with Gasteiger partial charge < -0.3 is 4.74 Å². The van der Waals surface area contributed by atoms with Gasteiger partial charge in [0.25, 0.3) is 0 Å². The zero-order valence-electron chi connectivity index (χ0n) is 11.0. The molecule has 0 unspecified atom stereocenters. The van der Waals surface area contributed by atoms with Crippen LogP contribution >= 0.6 is 11.6 Å². The standard InChI is InChI=1S/C15H12ClN3O2/c16-10-5-7-11(8-6-10)21-9-14(20)19-15-17-12-3-1-2-4-13(12)18-15/h1-8H,9H2,(H2,17,18,19,20)/p+1. The van der Waals surface area contributed by atoms with Crippen molar-refractivity contribution in [3.63, 3.8) is 0 Å². The van der Waals surface area contributed by atoms with Crippen molar-refractivity contribution in [2.75, 3.05) is 11.9 Å². The topological polar surface area (TPSA) is 68.3 Å². The Bertz CT molecular complexity index is 735. The van der Waals surface area contributed by atoms with Crippen LogP contribution in [0.2, 0.25) is 5.02 Å². The fourth-order valence-corrected chi connectivity index (χ4v) is 2.05. The van der Waals surface area contributed by atoms with Gasteiger partial charge in [-0.3, -0.25) is 4.79 Å². The summed E-state index contributed by atoms with van der Waals surface area (Å²) in [6.45, 7) is -0.0785. The molecular weight excluding hydrogens is 290 g/mol. The molecule has 5 nitrogen and oxygen atoms in total. The van der Waals surface area contributed by atoms with Gasteiger partial charge in [-0.1, -0.05) is 23.7 Å². The van der Waals surface area contributed by atoms with Gasteiger partial charge in [-0.05, 0) is 36.4 Å². The molecule has 3 aromatic rings. The van der Waals surface area contributed by atoms with E-state index >= 15 is 0 Å². The van der Waals surface area contributed by atoms with E-state index in [4.69, 9.17) is 16.3 Å². The molecule has 1 amide bonds. The minimum atomic E-state index is -0.257. The van der Waals surface area contributed by atoms with E-state index in [0.717, 1.165) is 11.0 Å². The van der Waals surface area contributed by atoms with Crippen LogP contribution in [0.25, 0.3) is 11.0 Å². The predicted octanol–water partition coefficient (Wildman–Crippen LogP) is 2.65. The molecule has 0 aliphatic heterocycles. The number of aromatic nitrogens is 2. The van der Waals surface area contributed by atoms with Crippen LogP contribution in [0, 0.1) is 0 Å². The number of rotatable bonds is 4. The maximum absolute atomic E-state index is 11.8. The van der Waals surface area contributed by atoms with E-state index in [9.17, 15) is 4.79 Å². The smallest absolute Gasteiger partial charge is 0.360 e. The highest BCUT2D eigenvalue weighted by Gasteiger charge is 2.13. The molecule has 21 heavy (non-hydrogen) atoms. The summed E-state index contributed by atoms with van der Waals surface area (Å²) in [4.78, 5) is 18.0. The average molecular weight is 303 g/mol. The zero-order valence-corrected chi connectivity index (χ0v) is 11.8. The van der Waals surface area contributed by atoms with Gasteiger partial charge in [0.2, 0.25) is 0 Å². The Balaban J connectivity index is 1.59. The molecule has 0 aliphatic rings. The molecule has 2 aromatic carbocycles. The number of imidazole rings is 1. The average Bonchev–Trinajstić information content (AvgIpc) is 2.88. The third-order valence-corrected chi connectivity index (χ3v) is 3.15. The SMILES string of the molecule is O=C(COc1ccc(Cl)cc1)Nc1[nH]c2ccccc2[nH+]1. The second kappa shape index (κ2) is 5.85. The van der Waals surface area contributed by atoms with Gasteiger partial charge in [0, 0.05) is 5.02 Å². The first kappa shape index (κ1) is 13.5. The molecule has 1 heterocycles. The zero-order chi connectivity index (χ0) is 14.7. The number of anilines is 1. The number of hydrogen-bond acceptors (Lipinski definition) is 2. The van der Waals surface area contributed by atoms with Gasteiger partial charge in [0.15, 0.2) is 6.61 Å². The van der Waals surface area contributed by atoms with E-state index in [1.54, 1.807) is 24.3 Å². The third-order valence-electron chi connectivity index (χ3n) is 2.89. The van der Waals surface area contributed by atoms with E-state index in [-0.39, 0.29) is 12.5 Å². The van der Waals surface area contributed by atoms with E-state index in [0.29, 0.717) is 16.7 Å². The first-order valence-electron chi connectivity index (χ1n) is 6.39. The number of benzene rings is 2. The first-order chi connectivity index (χ1) is 10.2. The molecule has 3 rings (SSSR count). The van der Waals surface area contributed by atoms with Crippen molar-refractivity contribution in [2.45, 2.75) is 0 Å². The van der Waals surface area contributed by atoms with Crippen LogP contribution in [-0.4, -0.2) is 17.5 Å². The highest BCUT2D eigenvalue weighted by molar-refractivity contribution is 6.30. The van der Waals surface area contributed by atoms with Crippen LogP contribution in [0.4, 0.5) is 5.95 Å². The van der Waals surface area contributed by atoms with E-state index < -0.39 is 0 Å². The Labute approximate surface area is 125 Å². The summed E-state index contributed by atoms with van der Waals surface area (Å²) in [5, 5.41) is 3.34. The summed E-state index contributed by atoms with van der Waals surface area (Å²) >= 11 is 5.78. The van der Waals surface area contributed by atoms with E-state index in [2.05, 4.69) is 15.3 Å². The Morgan fingerprint density at radius 1 is 1.19 bits per heavy atom. The largest absolute Gasteiger partial charge is 0.482 e. The second-order valence-electron chi connectivity index (χ2n) is 4.46. The fraction of sp³-hybridized carbons (Fsp3) is 0.0667. The number of hydrogen-bond donors (Lipinski definition) is 2. The first-order valence-corrected chi connectivity index (χ1v) is 6.77. The third kappa shape index (κ3) is 3.32. The lowest BCUT2D eigenvalue weighted by molar-refractivity contribution is -0.326. The lowest BCUT2D eigenvalue weighted by Crippen LogP contribution is -2.23. The summed E-state index contributed by atoms with van der Waals surface area (Å²) in [5.74, 6) is 0.865. The van der Waals surface area contributed by atoms with Crippen molar-refractivity contribution < 1.29 is 14.5 Å². The minimum Gasteiger partial charge on any atom is -0.482 e. The summed E-state index contributed by atoms with van der Waals surface area (Å²) in [6, 6.07) is 14.5. The van der Waals surface area contributed by atoms with Crippen molar-refractivity contribution in [2.24, 2.45) is 0 Å². The van der Waals surface area contributed by atoms with Crippen LogP contribution in [0.3, 0.4) is 0 Å². The van der Waals surface area contributed by atoms with Gasteiger partial charge in [-0.15, -0.1) is 0 Å². The Hall–Kier alpha value is -2.53. The number of para-hydroxylation sites is 2. The summed E-state index contributed by atoms with van der Waals surface area (Å²) in [7, 11) is 0. The van der Waals surface area contributed by atoms with Crippen molar-refractivity contribution in [1.29, 1.82) is 0 Å². The molecule has 0 radical (unpaired) electrons. The predicted molar refractivity (Wildman–Crippen MR) is 80.4 cm³/mol. The number of carbonyl (C=O) groups excluding carboxylic acids is 1. The van der Waals surface area contributed by atoms with Crippen LogP contribution < -0.4 is 15.0 Å². The van der Waals surface area contributed by atoms with Crippen molar-refractivity contribution in [3.05, 3.63) is 53.6 Å². The molecule has 0 saturated carbocycles. The second-order valence-corrected chi connectivity index (χ2v) is 4.90. The summed E-state index contributed by atoms with van der Waals surface area (Å²) < 4.78 is 5.37. The highest BCUT2D eigenvalue weighted by Crippen LogP contribution is 2.15. The van der Waals surface area contributed by atoms with E-state index in [1.807, 2.05) is 24.3 Å². The molecule has 0 spiro atoms. The number of H-pyrrole nitrogens is 2. The molecular formula is C15H13ClN3O2+. The lowest BCUT2D eigenvalue weighted by atomic mass is 10.3. The lowest BCUT2D eigenvalue weighted by Gasteiger charge is -2.03. The molecule has 1 aromatic heterocycles. The molecule has 0 bridgehead atoms. The number of nitrogens with one attached hydrogen (secondary N) is 3. The van der Waals surface area contributed by atoms with Crippen LogP contribution in [0.1, 0.15) is 0 Å². The molecule has 106 valence electrons.